The first-order chi connectivity index (χ1) is 4.81. The molecule has 1 nitrogen and oxygen atoms in total. The van der Waals surface area contributed by atoms with Crippen LogP contribution in [0.15, 0.2) is 0 Å². The SMILES string of the molecule is [U].[W]=[C]1CCC2(CCC2)C[N-]1. The van der Waals surface area contributed by atoms with Gasteiger partial charge in [0.15, 0.2) is 0 Å². The molecule has 0 aromatic heterocycles. The van der Waals surface area contributed by atoms with Gasteiger partial charge in [-0.25, -0.2) is 0 Å². The van der Waals surface area contributed by atoms with Crippen LogP contribution in [0.3, 0.4) is 0 Å². The summed E-state index contributed by atoms with van der Waals surface area (Å²) in [5.74, 6) is 0. The molecule has 1 saturated heterocycles. The van der Waals surface area contributed by atoms with Gasteiger partial charge in [0.1, 0.15) is 0 Å². The summed E-state index contributed by atoms with van der Waals surface area (Å²) in [6.45, 7) is 1.16. The molecule has 3 heteroatoms. The Morgan fingerprint density at radius 3 is 2.36 bits per heavy atom. The summed E-state index contributed by atoms with van der Waals surface area (Å²) >= 11 is 1.59. The monoisotopic (exact) mass is 544 g/mol. The molecule has 60 valence electrons. The van der Waals surface area contributed by atoms with Gasteiger partial charge in [-0.2, -0.15) is 0 Å². The Bertz CT molecular complexity index is 153. The molecule has 0 bridgehead atoms. The standard InChI is InChI=1S/C8H12N.U.W/c1-3-8(4-1)5-2-6-9-7-8;;/h1-5,7H2;;/q-1;;. The zero-order valence-corrected chi connectivity index (χ0v) is 13.7. The quantitative estimate of drug-likeness (QED) is 0.444. The Morgan fingerprint density at radius 2 is 2.00 bits per heavy atom. The first-order valence-corrected chi connectivity index (χ1v) is 5.48. The minimum atomic E-state index is 0. The van der Waals surface area contributed by atoms with Crippen LogP contribution < -0.4 is 0 Å². The van der Waals surface area contributed by atoms with Crippen molar-refractivity contribution in [1.82, 2.24) is 0 Å². The van der Waals surface area contributed by atoms with E-state index in [0.29, 0.717) is 5.41 Å². The number of hydrogen-bond acceptors (Lipinski definition) is 0. The van der Waals surface area contributed by atoms with Gasteiger partial charge >= 0.3 is 72.8 Å². The van der Waals surface area contributed by atoms with Crippen LogP contribution >= 0.6 is 0 Å². The van der Waals surface area contributed by atoms with E-state index < -0.39 is 0 Å². The molecule has 1 heterocycles. The van der Waals surface area contributed by atoms with E-state index in [1.165, 1.54) is 36.1 Å². The van der Waals surface area contributed by atoms with Crippen LogP contribution in [-0.2, 0) is 19.4 Å². The van der Waals surface area contributed by atoms with Crippen molar-refractivity contribution >= 4 is 4.02 Å². The third-order valence-electron chi connectivity index (χ3n) is 2.87. The van der Waals surface area contributed by atoms with Crippen LogP contribution in [0, 0.1) is 36.5 Å². The van der Waals surface area contributed by atoms with Gasteiger partial charge in [0.25, 0.3) is 0 Å². The van der Waals surface area contributed by atoms with Gasteiger partial charge in [-0.3, -0.25) is 0 Å². The van der Waals surface area contributed by atoms with E-state index in [1.807, 2.05) is 0 Å². The fourth-order valence-corrected chi connectivity index (χ4v) is 2.47. The fourth-order valence-electron chi connectivity index (χ4n) is 1.87. The Balaban J connectivity index is 0.000000605. The van der Waals surface area contributed by atoms with Crippen molar-refractivity contribution in [2.24, 2.45) is 5.41 Å². The molecule has 0 N–H and O–H groups in total. The zero-order valence-electron chi connectivity index (χ0n) is 6.60. The van der Waals surface area contributed by atoms with Gasteiger partial charge in [-0.1, -0.05) is 0 Å². The molecule has 0 radical (unpaired) electrons. The van der Waals surface area contributed by atoms with Crippen molar-refractivity contribution < 1.29 is 50.5 Å². The first kappa shape index (κ1) is 10.6. The topological polar surface area (TPSA) is 14.1 Å². The van der Waals surface area contributed by atoms with Crippen LogP contribution in [0.1, 0.15) is 32.1 Å². The fraction of sp³-hybridized carbons (Fsp3) is 0.875. The molecule has 11 heavy (non-hydrogen) atoms. The summed E-state index contributed by atoms with van der Waals surface area (Å²) in [5.41, 5.74) is 0.707. The summed E-state index contributed by atoms with van der Waals surface area (Å²) in [4.78, 5) is 0. The van der Waals surface area contributed by atoms with Crippen molar-refractivity contribution in [2.45, 2.75) is 32.1 Å². The van der Waals surface area contributed by atoms with Crippen molar-refractivity contribution in [2.75, 3.05) is 6.54 Å². The molecule has 2 fully saturated rings. The summed E-state index contributed by atoms with van der Waals surface area (Å²) in [7, 11) is 0. The molecule has 0 atom stereocenters. The summed E-state index contributed by atoms with van der Waals surface area (Å²) in [6, 6.07) is 0. The van der Waals surface area contributed by atoms with E-state index in [-0.39, 0.29) is 31.1 Å². The molecule has 1 spiro atoms. The van der Waals surface area contributed by atoms with Crippen LogP contribution in [0.2, 0.25) is 0 Å². The molecule has 0 amide bonds. The molecule has 1 aliphatic heterocycles. The molecule has 1 saturated carbocycles. The summed E-state index contributed by atoms with van der Waals surface area (Å²) in [5, 5.41) is 4.56. The third-order valence-corrected chi connectivity index (χ3v) is 4.07. The van der Waals surface area contributed by atoms with Crippen molar-refractivity contribution in [1.29, 1.82) is 0 Å². The van der Waals surface area contributed by atoms with E-state index in [2.05, 4.69) is 5.32 Å². The number of nitrogens with zero attached hydrogens (tertiary/aromatic N) is 1. The normalized spacial score (nSPS) is 27.5. The molecular formula is C8H12NUW-. The summed E-state index contributed by atoms with van der Waals surface area (Å²) in [6.07, 6.45) is 7.12. The first-order valence-electron chi connectivity index (χ1n) is 4.01. The average molecular weight is 544 g/mol. The van der Waals surface area contributed by atoms with Gasteiger partial charge in [-0.15, -0.1) is 0 Å². The maximum absolute atomic E-state index is 4.56. The maximum atomic E-state index is 4.56. The molecular weight excluding hydrogens is 532 g/mol. The van der Waals surface area contributed by atoms with E-state index in [0.717, 1.165) is 6.54 Å². The second-order valence-electron chi connectivity index (χ2n) is 3.56. The van der Waals surface area contributed by atoms with Crippen LogP contribution in [0.4, 0.5) is 0 Å². The van der Waals surface area contributed by atoms with Crippen LogP contribution in [-0.4, -0.2) is 10.6 Å². The number of hydrogen-bond donors (Lipinski definition) is 0. The number of piperidine rings is 1. The van der Waals surface area contributed by atoms with Crippen LogP contribution in [0.5, 0.6) is 0 Å². The third kappa shape index (κ3) is 2.28. The van der Waals surface area contributed by atoms with Crippen molar-refractivity contribution in [3.05, 3.63) is 5.32 Å². The van der Waals surface area contributed by atoms with Gasteiger partial charge in [0.05, 0.1) is 0 Å². The van der Waals surface area contributed by atoms with Crippen LogP contribution in [0.25, 0.3) is 5.32 Å². The zero-order chi connectivity index (χ0) is 7.03. The van der Waals surface area contributed by atoms with Gasteiger partial charge < -0.3 is 0 Å². The molecule has 0 unspecified atom stereocenters. The molecule has 0 aromatic carbocycles. The van der Waals surface area contributed by atoms with Gasteiger partial charge in [0.2, 0.25) is 0 Å². The second-order valence-corrected chi connectivity index (χ2v) is 5.26. The molecule has 2 rings (SSSR count). The predicted molar refractivity (Wildman–Crippen MR) is 38.8 cm³/mol. The van der Waals surface area contributed by atoms with E-state index in [4.69, 9.17) is 0 Å². The van der Waals surface area contributed by atoms with Gasteiger partial charge in [-0.05, 0) is 0 Å². The Morgan fingerprint density at radius 1 is 1.27 bits per heavy atom. The molecule has 0 aromatic rings. The summed E-state index contributed by atoms with van der Waals surface area (Å²) < 4.78 is 1.46. The van der Waals surface area contributed by atoms with E-state index >= 15 is 0 Å². The molecule has 1 aliphatic carbocycles. The average Bonchev–Trinajstić information content (AvgIpc) is 1.86. The Kier molecular flexibility index (Phi) is 4.05. The van der Waals surface area contributed by atoms with E-state index in [1.54, 1.807) is 19.4 Å². The van der Waals surface area contributed by atoms with Crippen molar-refractivity contribution in [3.8, 4) is 0 Å². The second kappa shape index (κ2) is 4.19. The van der Waals surface area contributed by atoms with Gasteiger partial charge in [0, 0.05) is 31.1 Å². The Labute approximate surface area is 103 Å². The number of rotatable bonds is 0. The molecule has 2 aliphatic rings. The van der Waals surface area contributed by atoms with Crippen molar-refractivity contribution in [3.63, 3.8) is 0 Å². The minimum absolute atomic E-state index is 0. The Hall–Kier alpha value is 1.57. The predicted octanol–water partition coefficient (Wildman–Crippen LogP) is 2.00. The van der Waals surface area contributed by atoms with E-state index in [9.17, 15) is 0 Å².